The van der Waals surface area contributed by atoms with Gasteiger partial charge in [0, 0.05) is 38.2 Å². The highest BCUT2D eigenvalue weighted by atomic mass is 16.3. The van der Waals surface area contributed by atoms with Gasteiger partial charge in [-0.05, 0) is 36.4 Å². The molecular formula is C23H27N5O4. The highest BCUT2D eigenvalue weighted by Crippen LogP contribution is 2.15. The van der Waals surface area contributed by atoms with Gasteiger partial charge in [0.25, 0.3) is 5.91 Å². The van der Waals surface area contributed by atoms with E-state index in [1.807, 2.05) is 36.4 Å². The average Bonchev–Trinajstić information content (AvgIpc) is 2.84. The number of nitrogens with zero attached hydrogens (tertiary/aromatic N) is 4. The first-order valence-electron chi connectivity index (χ1n) is 10.2. The molecule has 0 aliphatic heterocycles. The number of aliphatic hydroxyl groups excluding tert-OH is 3. The third kappa shape index (κ3) is 6.14. The van der Waals surface area contributed by atoms with Crippen LogP contribution in [0.3, 0.4) is 0 Å². The van der Waals surface area contributed by atoms with Crippen molar-refractivity contribution in [1.82, 2.24) is 25.2 Å². The number of nitrogens with one attached hydrogen (secondary N) is 1. The van der Waals surface area contributed by atoms with E-state index in [4.69, 9.17) is 0 Å². The smallest absolute Gasteiger partial charge is 0.253 e. The van der Waals surface area contributed by atoms with Crippen LogP contribution < -0.4 is 5.32 Å². The number of aromatic nitrogens is 3. The second-order valence-electron chi connectivity index (χ2n) is 7.49. The molecule has 0 aliphatic rings. The highest BCUT2D eigenvalue weighted by molar-refractivity contribution is 5.95. The Morgan fingerprint density at radius 3 is 1.84 bits per heavy atom. The molecule has 0 aromatic carbocycles. The molecule has 0 aliphatic carbocycles. The number of hydrogen-bond donors (Lipinski definition) is 4. The molecule has 1 amide bonds. The van der Waals surface area contributed by atoms with Crippen LogP contribution >= 0.6 is 0 Å². The SMILES string of the molecule is O=C(NC(CO)(CO)CO)c1cccnc1CN(Cc1ccccn1)Cc1ccccn1. The van der Waals surface area contributed by atoms with Crippen LogP contribution in [0.4, 0.5) is 0 Å². The second-order valence-corrected chi connectivity index (χ2v) is 7.49. The lowest BCUT2D eigenvalue weighted by atomic mass is 10.0. The second kappa shape index (κ2) is 11.4. The van der Waals surface area contributed by atoms with Crippen molar-refractivity contribution in [2.24, 2.45) is 0 Å². The van der Waals surface area contributed by atoms with Gasteiger partial charge in [-0.1, -0.05) is 12.1 Å². The van der Waals surface area contributed by atoms with E-state index >= 15 is 0 Å². The average molecular weight is 438 g/mol. The van der Waals surface area contributed by atoms with Gasteiger partial charge in [0.05, 0.1) is 42.5 Å². The van der Waals surface area contributed by atoms with Crippen LogP contribution in [0.25, 0.3) is 0 Å². The molecule has 3 aromatic rings. The van der Waals surface area contributed by atoms with Crippen LogP contribution in [0.5, 0.6) is 0 Å². The fraction of sp³-hybridized carbons (Fsp3) is 0.304. The van der Waals surface area contributed by atoms with Crippen LogP contribution in [-0.4, -0.2) is 66.4 Å². The molecule has 32 heavy (non-hydrogen) atoms. The molecule has 0 saturated heterocycles. The van der Waals surface area contributed by atoms with Crippen molar-refractivity contribution in [2.75, 3.05) is 19.8 Å². The molecule has 4 N–H and O–H groups in total. The largest absolute Gasteiger partial charge is 0.394 e. The van der Waals surface area contributed by atoms with Crippen molar-refractivity contribution in [3.63, 3.8) is 0 Å². The molecule has 9 heteroatoms. The van der Waals surface area contributed by atoms with Crippen molar-refractivity contribution in [3.05, 3.63) is 89.8 Å². The number of pyridine rings is 3. The van der Waals surface area contributed by atoms with Crippen molar-refractivity contribution < 1.29 is 20.1 Å². The van der Waals surface area contributed by atoms with Gasteiger partial charge in [-0.2, -0.15) is 0 Å². The Balaban J connectivity index is 1.85. The summed E-state index contributed by atoms with van der Waals surface area (Å²) in [4.78, 5) is 28.2. The zero-order valence-electron chi connectivity index (χ0n) is 17.6. The van der Waals surface area contributed by atoms with Crippen LogP contribution in [0, 0.1) is 0 Å². The minimum absolute atomic E-state index is 0.291. The normalized spacial score (nSPS) is 11.5. The van der Waals surface area contributed by atoms with E-state index in [1.165, 1.54) is 0 Å². The summed E-state index contributed by atoms with van der Waals surface area (Å²) < 4.78 is 0. The molecule has 0 radical (unpaired) electrons. The first kappa shape index (κ1) is 23.4. The quantitative estimate of drug-likeness (QED) is 0.341. The number of carbonyl (C=O) groups is 1. The van der Waals surface area contributed by atoms with Gasteiger partial charge in [-0.15, -0.1) is 0 Å². The predicted octanol–water partition coefficient (Wildman–Crippen LogP) is 0.520. The Morgan fingerprint density at radius 2 is 1.34 bits per heavy atom. The van der Waals surface area contributed by atoms with Gasteiger partial charge in [0.1, 0.15) is 5.54 Å². The van der Waals surface area contributed by atoms with Crippen LogP contribution in [0.1, 0.15) is 27.4 Å². The lowest BCUT2D eigenvalue weighted by Crippen LogP contribution is -2.57. The number of hydrogen-bond acceptors (Lipinski definition) is 8. The third-order valence-electron chi connectivity index (χ3n) is 5.02. The number of amides is 1. The summed E-state index contributed by atoms with van der Waals surface area (Å²) in [7, 11) is 0. The molecule has 0 spiro atoms. The van der Waals surface area contributed by atoms with E-state index in [0.29, 0.717) is 30.9 Å². The summed E-state index contributed by atoms with van der Waals surface area (Å²) in [6, 6.07) is 14.6. The van der Waals surface area contributed by atoms with Crippen molar-refractivity contribution in [3.8, 4) is 0 Å². The molecular weight excluding hydrogens is 410 g/mol. The zero-order valence-corrected chi connectivity index (χ0v) is 17.6. The fourth-order valence-corrected chi connectivity index (χ4v) is 3.17. The van der Waals surface area contributed by atoms with E-state index in [1.54, 1.807) is 30.7 Å². The fourth-order valence-electron chi connectivity index (χ4n) is 3.17. The third-order valence-corrected chi connectivity index (χ3v) is 5.02. The number of carbonyl (C=O) groups excluding carboxylic acids is 1. The lowest BCUT2D eigenvalue weighted by molar-refractivity contribution is 0.0374. The predicted molar refractivity (Wildman–Crippen MR) is 117 cm³/mol. The van der Waals surface area contributed by atoms with Gasteiger partial charge in [0.2, 0.25) is 0 Å². The van der Waals surface area contributed by atoms with E-state index in [0.717, 1.165) is 11.4 Å². The van der Waals surface area contributed by atoms with E-state index in [2.05, 4.69) is 25.2 Å². The summed E-state index contributed by atoms with van der Waals surface area (Å²) in [6.07, 6.45) is 5.06. The Bertz CT molecular complexity index is 934. The molecule has 3 heterocycles. The van der Waals surface area contributed by atoms with Gasteiger partial charge >= 0.3 is 0 Å². The molecule has 9 nitrogen and oxygen atoms in total. The summed E-state index contributed by atoms with van der Waals surface area (Å²) in [5.74, 6) is -0.541. The molecule has 168 valence electrons. The summed E-state index contributed by atoms with van der Waals surface area (Å²) in [5, 5.41) is 31.2. The van der Waals surface area contributed by atoms with Gasteiger partial charge in [0.15, 0.2) is 0 Å². The molecule has 0 unspecified atom stereocenters. The maximum absolute atomic E-state index is 12.9. The monoisotopic (exact) mass is 437 g/mol. The topological polar surface area (TPSA) is 132 Å². The van der Waals surface area contributed by atoms with Crippen molar-refractivity contribution in [2.45, 2.75) is 25.2 Å². The summed E-state index contributed by atoms with van der Waals surface area (Å²) in [5.41, 5.74) is 1.01. The Kier molecular flexibility index (Phi) is 8.34. The lowest BCUT2D eigenvalue weighted by Gasteiger charge is -2.29. The molecule has 0 saturated carbocycles. The molecule has 0 bridgehead atoms. The van der Waals surface area contributed by atoms with Crippen LogP contribution in [0.15, 0.2) is 67.1 Å². The number of aliphatic hydroxyl groups is 3. The molecule has 3 aromatic heterocycles. The van der Waals surface area contributed by atoms with Gasteiger partial charge in [-0.3, -0.25) is 24.6 Å². The van der Waals surface area contributed by atoms with E-state index in [-0.39, 0.29) is 0 Å². The first-order valence-corrected chi connectivity index (χ1v) is 10.2. The maximum atomic E-state index is 12.9. The van der Waals surface area contributed by atoms with Crippen LogP contribution in [-0.2, 0) is 19.6 Å². The zero-order chi connectivity index (χ0) is 22.8. The minimum Gasteiger partial charge on any atom is -0.394 e. The summed E-state index contributed by atoms with van der Waals surface area (Å²) >= 11 is 0. The Hall–Kier alpha value is -3.24. The van der Waals surface area contributed by atoms with Gasteiger partial charge in [-0.25, -0.2) is 0 Å². The molecule has 0 atom stereocenters. The highest BCUT2D eigenvalue weighted by Gasteiger charge is 2.31. The number of rotatable bonds is 11. The maximum Gasteiger partial charge on any atom is 0.253 e. The Labute approximate surface area is 186 Å². The summed E-state index contributed by atoms with van der Waals surface area (Å²) in [6.45, 7) is -0.445. The van der Waals surface area contributed by atoms with Crippen molar-refractivity contribution >= 4 is 5.91 Å². The van der Waals surface area contributed by atoms with E-state index < -0.39 is 31.3 Å². The van der Waals surface area contributed by atoms with Crippen molar-refractivity contribution in [1.29, 1.82) is 0 Å². The van der Waals surface area contributed by atoms with Crippen LogP contribution in [0.2, 0.25) is 0 Å². The molecule has 0 fully saturated rings. The molecule has 3 rings (SSSR count). The van der Waals surface area contributed by atoms with E-state index in [9.17, 15) is 20.1 Å². The van der Waals surface area contributed by atoms with Gasteiger partial charge < -0.3 is 20.6 Å². The standard InChI is InChI=1S/C23H27N5O4/c29-15-23(16-30,17-31)27-22(32)20-8-5-11-26-21(20)14-28(12-18-6-1-3-9-24-18)13-19-7-2-4-10-25-19/h1-11,29-31H,12-17H2,(H,27,32). The Morgan fingerprint density at radius 1 is 0.781 bits per heavy atom. The minimum atomic E-state index is -1.52. The first-order chi connectivity index (χ1) is 15.6.